The van der Waals surface area contributed by atoms with Crippen molar-refractivity contribution in [3.63, 3.8) is 0 Å². The lowest BCUT2D eigenvalue weighted by atomic mass is 10.1. The number of piperazine rings is 1. The topological polar surface area (TPSA) is 18.8 Å². The Morgan fingerprint density at radius 3 is 2.71 bits per heavy atom. The van der Waals surface area contributed by atoms with Crippen LogP contribution in [0.4, 0.5) is 0 Å². The van der Waals surface area contributed by atoms with Crippen LogP contribution in [0.1, 0.15) is 27.7 Å². The van der Waals surface area contributed by atoms with E-state index >= 15 is 0 Å². The minimum Gasteiger partial charge on any atom is -0.296 e. The molecule has 0 N–H and O–H groups in total. The van der Waals surface area contributed by atoms with Crippen molar-refractivity contribution >= 4 is 5.71 Å². The molecule has 2 atom stereocenters. The van der Waals surface area contributed by atoms with Gasteiger partial charge in [-0.3, -0.25) is 14.8 Å². The molecule has 2 rings (SSSR count). The van der Waals surface area contributed by atoms with Gasteiger partial charge >= 0.3 is 0 Å². The number of fused-ring (bicyclic) bond motifs is 1. The maximum absolute atomic E-state index is 4.73. The highest BCUT2D eigenvalue weighted by Crippen LogP contribution is 2.22. The first-order valence-corrected chi connectivity index (χ1v) is 5.63. The van der Waals surface area contributed by atoms with Gasteiger partial charge in [0.2, 0.25) is 0 Å². The summed E-state index contributed by atoms with van der Waals surface area (Å²) in [4.78, 5) is 9.77. The summed E-state index contributed by atoms with van der Waals surface area (Å²) in [5.74, 6) is 0. The third-order valence-electron chi connectivity index (χ3n) is 3.61. The van der Waals surface area contributed by atoms with Gasteiger partial charge in [-0.25, -0.2) is 0 Å². The molecule has 3 heteroatoms. The van der Waals surface area contributed by atoms with Crippen molar-refractivity contribution in [3.8, 4) is 0 Å². The van der Waals surface area contributed by atoms with E-state index in [9.17, 15) is 0 Å². The Balaban J connectivity index is 2.05. The van der Waals surface area contributed by atoms with Gasteiger partial charge in [0.15, 0.2) is 0 Å². The molecule has 80 valence electrons. The van der Waals surface area contributed by atoms with E-state index in [1.165, 1.54) is 18.8 Å². The molecular formula is C11H21N3. The van der Waals surface area contributed by atoms with Crippen LogP contribution < -0.4 is 0 Å². The molecule has 0 aliphatic carbocycles. The van der Waals surface area contributed by atoms with Crippen molar-refractivity contribution in [1.82, 2.24) is 9.80 Å². The van der Waals surface area contributed by atoms with Crippen LogP contribution in [0.3, 0.4) is 0 Å². The monoisotopic (exact) mass is 195 g/mol. The van der Waals surface area contributed by atoms with Crippen LogP contribution >= 0.6 is 0 Å². The third kappa shape index (κ3) is 1.59. The van der Waals surface area contributed by atoms with Gasteiger partial charge in [0.05, 0.1) is 0 Å². The summed E-state index contributed by atoms with van der Waals surface area (Å²) in [6.07, 6.45) is 0.432. The highest BCUT2D eigenvalue weighted by Gasteiger charge is 2.35. The molecule has 0 saturated carbocycles. The van der Waals surface area contributed by atoms with E-state index in [0.717, 1.165) is 6.54 Å². The number of nitrogens with zero attached hydrogens (tertiary/aromatic N) is 3. The lowest BCUT2D eigenvalue weighted by Gasteiger charge is -2.40. The molecular weight excluding hydrogens is 174 g/mol. The standard InChI is InChI=1S/C11H21N3/c1-8(2)13-5-6-14-10(4)9(3)12-11(14)7-13/h8,10-11H,5-7H2,1-4H3. The average Bonchev–Trinajstić information content (AvgIpc) is 2.42. The molecule has 1 saturated heterocycles. The van der Waals surface area contributed by atoms with Crippen LogP contribution in [0.2, 0.25) is 0 Å². The highest BCUT2D eigenvalue weighted by molar-refractivity contribution is 5.88. The molecule has 0 amide bonds. The zero-order valence-corrected chi connectivity index (χ0v) is 9.70. The van der Waals surface area contributed by atoms with Crippen LogP contribution in [-0.2, 0) is 0 Å². The highest BCUT2D eigenvalue weighted by atomic mass is 15.4. The summed E-state index contributed by atoms with van der Waals surface area (Å²) in [5, 5.41) is 0. The Morgan fingerprint density at radius 1 is 1.36 bits per heavy atom. The van der Waals surface area contributed by atoms with Crippen LogP contribution in [0.25, 0.3) is 0 Å². The molecule has 2 unspecified atom stereocenters. The second-order valence-corrected chi connectivity index (χ2v) is 4.75. The molecule has 2 heterocycles. The molecule has 0 aromatic rings. The number of aliphatic imine (C=N–C) groups is 1. The van der Waals surface area contributed by atoms with Crippen LogP contribution in [0, 0.1) is 0 Å². The fourth-order valence-corrected chi connectivity index (χ4v) is 2.42. The molecule has 3 nitrogen and oxygen atoms in total. The van der Waals surface area contributed by atoms with Gasteiger partial charge in [0, 0.05) is 37.4 Å². The van der Waals surface area contributed by atoms with Crippen LogP contribution in [0.5, 0.6) is 0 Å². The van der Waals surface area contributed by atoms with Gasteiger partial charge < -0.3 is 0 Å². The van der Waals surface area contributed by atoms with Crippen molar-refractivity contribution in [3.05, 3.63) is 0 Å². The quantitative estimate of drug-likeness (QED) is 0.626. The summed E-state index contributed by atoms with van der Waals surface area (Å²) in [7, 11) is 0. The number of hydrogen-bond acceptors (Lipinski definition) is 3. The second kappa shape index (κ2) is 3.63. The summed E-state index contributed by atoms with van der Waals surface area (Å²) in [6, 6.07) is 1.22. The largest absolute Gasteiger partial charge is 0.296 e. The number of rotatable bonds is 1. The zero-order chi connectivity index (χ0) is 10.3. The summed E-state index contributed by atoms with van der Waals surface area (Å²) >= 11 is 0. The SMILES string of the molecule is CC1=NC2CN(C(C)C)CCN2C1C. The predicted molar refractivity (Wildman–Crippen MR) is 59.8 cm³/mol. The molecule has 2 aliphatic rings. The summed E-state index contributed by atoms with van der Waals surface area (Å²) in [6.45, 7) is 12.4. The van der Waals surface area contributed by atoms with E-state index in [2.05, 4.69) is 37.5 Å². The summed E-state index contributed by atoms with van der Waals surface area (Å²) in [5.41, 5.74) is 1.31. The lowest BCUT2D eigenvalue weighted by molar-refractivity contribution is 0.0632. The second-order valence-electron chi connectivity index (χ2n) is 4.75. The Hall–Kier alpha value is -0.410. The van der Waals surface area contributed by atoms with E-state index in [4.69, 9.17) is 4.99 Å². The molecule has 0 bridgehead atoms. The van der Waals surface area contributed by atoms with Gasteiger partial charge in [-0.15, -0.1) is 0 Å². The van der Waals surface area contributed by atoms with Gasteiger partial charge in [0.25, 0.3) is 0 Å². The maximum Gasteiger partial charge on any atom is 0.115 e. The fraction of sp³-hybridized carbons (Fsp3) is 0.909. The maximum atomic E-state index is 4.73. The zero-order valence-electron chi connectivity index (χ0n) is 9.70. The van der Waals surface area contributed by atoms with E-state index in [1.807, 2.05) is 0 Å². The van der Waals surface area contributed by atoms with Crippen molar-refractivity contribution in [2.24, 2.45) is 4.99 Å². The Kier molecular flexibility index (Phi) is 2.62. The molecule has 14 heavy (non-hydrogen) atoms. The molecule has 0 aromatic heterocycles. The third-order valence-corrected chi connectivity index (χ3v) is 3.61. The Labute approximate surface area is 86.8 Å². The van der Waals surface area contributed by atoms with E-state index in [1.54, 1.807) is 0 Å². The van der Waals surface area contributed by atoms with Crippen LogP contribution in [-0.4, -0.2) is 53.4 Å². The van der Waals surface area contributed by atoms with E-state index in [0.29, 0.717) is 18.2 Å². The summed E-state index contributed by atoms with van der Waals surface area (Å²) < 4.78 is 0. The molecule has 2 aliphatic heterocycles. The molecule has 1 fully saturated rings. The van der Waals surface area contributed by atoms with Gasteiger partial charge in [-0.05, 0) is 27.7 Å². The fourth-order valence-electron chi connectivity index (χ4n) is 2.42. The normalized spacial score (nSPS) is 34.8. The average molecular weight is 195 g/mol. The molecule has 0 aromatic carbocycles. The minimum atomic E-state index is 0.432. The lowest BCUT2D eigenvalue weighted by Crippen LogP contribution is -2.54. The smallest absolute Gasteiger partial charge is 0.115 e. The van der Waals surface area contributed by atoms with Crippen molar-refractivity contribution in [1.29, 1.82) is 0 Å². The minimum absolute atomic E-state index is 0.432. The van der Waals surface area contributed by atoms with Crippen molar-refractivity contribution in [2.75, 3.05) is 19.6 Å². The van der Waals surface area contributed by atoms with E-state index < -0.39 is 0 Å². The first-order chi connectivity index (χ1) is 6.59. The molecule has 0 spiro atoms. The van der Waals surface area contributed by atoms with E-state index in [-0.39, 0.29) is 0 Å². The Morgan fingerprint density at radius 2 is 2.07 bits per heavy atom. The predicted octanol–water partition coefficient (Wildman–Crippen LogP) is 1.20. The van der Waals surface area contributed by atoms with Crippen molar-refractivity contribution < 1.29 is 0 Å². The van der Waals surface area contributed by atoms with Gasteiger partial charge in [0.1, 0.15) is 6.17 Å². The Bertz CT molecular complexity index is 247. The first-order valence-electron chi connectivity index (χ1n) is 5.63. The van der Waals surface area contributed by atoms with Gasteiger partial charge in [-0.1, -0.05) is 0 Å². The van der Waals surface area contributed by atoms with Crippen LogP contribution in [0.15, 0.2) is 4.99 Å². The molecule has 0 radical (unpaired) electrons. The van der Waals surface area contributed by atoms with Gasteiger partial charge in [-0.2, -0.15) is 0 Å². The van der Waals surface area contributed by atoms with Crippen molar-refractivity contribution in [2.45, 2.75) is 45.9 Å². The number of hydrogen-bond donors (Lipinski definition) is 0. The first kappa shape index (κ1) is 10.1.